The summed E-state index contributed by atoms with van der Waals surface area (Å²) in [4.78, 5) is 18.8. The second-order valence-corrected chi connectivity index (χ2v) is 7.23. The van der Waals surface area contributed by atoms with E-state index in [9.17, 15) is 4.79 Å². The van der Waals surface area contributed by atoms with Crippen molar-refractivity contribution in [3.63, 3.8) is 0 Å². The predicted octanol–water partition coefficient (Wildman–Crippen LogP) is 0.982. The SMILES string of the molecule is CC1(C)CN(CCNC(=O)c2cnc(C3CCNCC3)o2)CCO1. The summed E-state index contributed by atoms with van der Waals surface area (Å²) in [6, 6.07) is 0. The number of hydrogen-bond acceptors (Lipinski definition) is 6. The number of amides is 1. The first-order chi connectivity index (χ1) is 11.5. The number of hydrogen-bond donors (Lipinski definition) is 2. The summed E-state index contributed by atoms with van der Waals surface area (Å²) in [6.07, 6.45) is 3.56. The lowest BCUT2D eigenvalue weighted by atomic mass is 9.98. The average Bonchev–Trinajstić information content (AvgIpc) is 3.05. The molecule has 1 aromatic heterocycles. The molecule has 24 heavy (non-hydrogen) atoms. The molecule has 0 aliphatic carbocycles. The molecule has 2 aliphatic heterocycles. The third-order valence-electron chi connectivity index (χ3n) is 4.65. The first-order valence-electron chi connectivity index (χ1n) is 8.84. The maximum atomic E-state index is 12.2. The Morgan fingerprint density at radius 1 is 1.46 bits per heavy atom. The number of aromatic nitrogens is 1. The molecule has 3 rings (SSSR count). The fraction of sp³-hybridized carbons (Fsp3) is 0.765. The maximum Gasteiger partial charge on any atom is 0.288 e. The third-order valence-corrected chi connectivity index (χ3v) is 4.65. The smallest absolute Gasteiger partial charge is 0.288 e. The summed E-state index contributed by atoms with van der Waals surface area (Å²) >= 11 is 0. The van der Waals surface area contributed by atoms with Gasteiger partial charge in [-0.25, -0.2) is 4.98 Å². The predicted molar refractivity (Wildman–Crippen MR) is 90.2 cm³/mol. The molecule has 0 spiro atoms. The van der Waals surface area contributed by atoms with Crippen molar-refractivity contribution in [2.75, 3.05) is 45.9 Å². The van der Waals surface area contributed by atoms with Gasteiger partial charge in [-0.1, -0.05) is 0 Å². The van der Waals surface area contributed by atoms with E-state index in [2.05, 4.69) is 34.4 Å². The normalized spacial score (nSPS) is 22.4. The van der Waals surface area contributed by atoms with E-state index in [0.29, 0.717) is 24.1 Å². The molecule has 0 unspecified atom stereocenters. The molecule has 7 heteroatoms. The number of nitrogens with zero attached hydrogens (tertiary/aromatic N) is 2. The first kappa shape index (κ1) is 17.4. The standard InChI is InChI=1S/C17H28N4O3/c1-17(2)12-21(9-10-23-17)8-7-19-15(22)14-11-20-16(24-14)13-3-5-18-6-4-13/h11,13,18H,3-10,12H2,1-2H3,(H,19,22). The number of nitrogens with one attached hydrogen (secondary N) is 2. The van der Waals surface area contributed by atoms with Crippen molar-refractivity contribution < 1.29 is 13.9 Å². The Hall–Kier alpha value is -1.44. The summed E-state index contributed by atoms with van der Waals surface area (Å²) in [6.45, 7) is 10.1. The van der Waals surface area contributed by atoms with Gasteiger partial charge in [0.2, 0.25) is 5.76 Å². The number of rotatable bonds is 5. The van der Waals surface area contributed by atoms with Gasteiger partial charge in [0.15, 0.2) is 5.89 Å². The van der Waals surface area contributed by atoms with Gasteiger partial charge < -0.3 is 19.8 Å². The Labute approximate surface area is 143 Å². The summed E-state index contributed by atoms with van der Waals surface area (Å²) in [5.74, 6) is 1.14. The van der Waals surface area contributed by atoms with Crippen LogP contribution in [0.5, 0.6) is 0 Å². The van der Waals surface area contributed by atoms with Crippen LogP contribution in [0.1, 0.15) is 49.1 Å². The minimum atomic E-state index is -0.185. The Bertz CT molecular complexity index is 552. The number of ether oxygens (including phenoxy) is 1. The highest BCUT2D eigenvalue weighted by Crippen LogP contribution is 2.24. The molecule has 2 N–H and O–H groups in total. The van der Waals surface area contributed by atoms with E-state index in [4.69, 9.17) is 9.15 Å². The number of carbonyl (C=O) groups excluding carboxylic acids is 1. The molecule has 2 saturated heterocycles. The van der Waals surface area contributed by atoms with E-state index in [0.717, 1.165) is 52.2 Å². The van der Waals surface area contributed by atoms with E-state index in [1.54, 1.807) is 6.20 Å². The van der Waals surface area contributed by atoms with E-state index in [-0.39, 0.29) is 11.5 Å². The molecular weight excluding hydrogens is 308 g/mol. The van der Waals surface area contributed by atoms with Gasteiger partial charge in [-0.05, 0) is 39.8 Å². The fourth-order valence-corrected chi connectivity index (χ4v) is 3.37. The van der Waals surface area contributed by atoms with Crippen LogP contribution in [-0.4, -0.2) is 67.3 Å². The second-order valence-electron chi connectivity index (χ2n) is 7.23. The summed E-state index contributed by atoms with van der Waals surface area (Å²) in [5.41, 5.74) is -0.114. The van der Waals surface area contributed by atoms with Crippen LogP contribution in [0.25, 0.3) is 0 Å². The highest BCUT2D eigenvalue weighted by Gasteiger charge is 2.27. The number of morpholine rings is 1. The summed E-state index contributed by atoms with van der Waals surface area (Å²) < 4.78 is 11.4. The van der Waals surface area contributed by atoms with Gasteiger partial charge >= 0.3 is 0 Å². The number of oxazole rings is 1. The van der Waals surface area contributed by atoms with Gasteiger partial charge in [0.1, 0.15) is 0 Å². The van der Waals surface area contributed by atoms with Crippen molar-refractivity contribution >= 4 is 5.91 Å². The molecule has 3 heterocycles. The van der Waals surface area contributed by atoms with Gasteiger partial charge in [0.05, 0.1) is 18.4 Å². The molecule has 0 saturated carbocycles. The van der Waals surface area contributed by atoms with Crippen LogP contribution in [-0.2, 0) is 4.74 Å². The largest absolute Gasteiger partial charge is 0.435 e. The summed E-state index contributed by atoms with van der Waals surface area (Å²) in [5, 5.41) is 6.24. The van der Waals surface area contributed by atoms with Crippen molar-refractivity contribution in [1.29, 1.82) is 0 Å². The quantitative estimate of drug-likeness (QED) is 0.834. The number of piperidine rings is 1. The Morgan fingerprint density at radius 2 is 2.25 bits per heavy atom. The van der Waals surface area contributed by atoms with E-state index in [1.165, 1.54) is 0 Å². The third kappa shape index (κ3) is 4.55. The molecule has 0 bridgehead atoms. The molecule has 2 fully saturated rings. The maximum absolute atomic E-state index is 12.2. The summed E-state index contributed by atoms with van der Waals surface area (Å²) in [7, 11) is 0. The topological polar surface area (TPSA) is 79.6 Å². The first-order valence-corrected chi connectivity index (χ1v) is 8.84. The minimum Gasteiger partial charge on any atom is -0.435 e. The molecule has 0 aromatic carbocycles. The van der Waals surface area contributed by atoms with Gasteiger partial charge in [0.25, 0.3) is 5.91 Å². The van der Waals surface area contributed by atoms with Crippen molar-refractivity contribution in [3.8, 4) is 0 Å². The molecule has 0 atom stereocenters. The van der Waals surface area contributed by atoms with E-state index in [1.807, 2.05) is 0 Å². The zero-order valence-electron chi connectivity index (χ0n) is 14.6. The molecular formula is C17H28N4O3. The minimum absolute atomic E-state index is 0.114. The Balaban J connectivity index is 1.44. The van der Waals surface area contributed by atoms with E-state index < -0.39 is 0 Å². The molecule has 7 nitrogen and oxygen atoms in total. The highest BCUT2D eigenvalue weighted by molar-refractivity contribution is 5.91. The van der Waals surface area contributed by atoms with Gasteiger partial charge in [-0.2, -0.15) is 0 Å². The van der Waals surface area contributed by atoms with Crippen molar-refractivity contribution in [2.45, 2.75) is 38.2 Å². The lowest BCUT2D eigenvalue weighted by Crippen LogP contribution is -2.50. The van der Waals surface area contributed by atoms with Crippen LogP contribution in [0.3, 0.4) is 0 Å². The fourth-order valence-electron chi connectivity index (χ4n) is 3.37. The zero-order valence-corrected chi connectivity index (χ0v) is 14.6. The number of carbonyl (C=O) groups is 1. The Morgan fingerprint density at radius 3 is 3.00 bits per heavy atom. The molecule has 1 aromatic rings. The lowest BCUT2D eigenvalue weighted by molar-refractivity contribution is -0.0853. The van der Waals surface area contributed by atoms with Crippen LogP contribution < -0.4 is 10.6 Å². The zero-order chi connectivity index (χ0) is 17.0. The molecule has 1 amide bonds. The van der Waals surface area contributed by atoms with Crippen LogP contribution in [0.2, 0.25) is 0 Å². The second kappa shape index (κ2) is 7.63. The van der Waals surface area contributed by atoms with Crippen LogP contribution >= 0.6 is 0 Å². The van der Waals surface area contributed by atoms with Crippen LogP contribution in [0, 0.1) is 0 Å². The average molecular weight is 336 g/mol. The Kier molecular flexibility index (Phi) is 5.53. The van der Waals surface area contributed by atoms with Crippen molar-refractivity contribution in [2.24, 2.45) is 0 Å². The van der Waals surface area contributed by atoms with E-state index >= 15 is 0 Å². The van der Waals surface area contributed by atoms with Gasteiger partial charge in [-0.15, -0.1) is 0 Å². The van der Waals surface area contributed by atoms with Crippen LogP contribution in [0.15, 0.2) is 10.6 Å². The van der Waals surface area contributed by atoms with Crippen LogP contribution in [0.4, 0.5) is 0 Å². The molecule has 2 aliphatic rings. The lowest BCUT2D eigenvalue weighted by Gasteiger charge is -2.38. The molecule has 0 radical (unpaired) electrons. The monoisotopic (exact) mass is 336 g/mol. The van der Waals surface area contributed by atoms with Gasteiger partial charge in [-0.3, -0.25) is 9.69 Å². The van der Waals surface area contributed by atoms with Gasteiger partial charge in [0, 0.05) is 32.1 Å². The van der Waals surface area contributed by atoms with Crippen molar-refractivity contribution in [1.82, 2.24) is 20.5 Å². The molecule has 134 valence electrons. The highest BCUT2D eigenvalue weighted by atomic mass is 16.5. The van der Waals surface area contributed by atoms with Crippen molar-refractivity contribution in [3.05, 3.63) is 17.8 Å².